The summed E-state index contributed by atoms with van der Waals surface area (Å²) in [6.45, 7) is 4.36. The van der Waals surface area contributed by atoms with E-state index in [-0.39, 0.29) is 18.5 Å². The van der Waals surface area contributed by atoms with Crippen LogP contribution in [0.5, 0.6) is 0 Å². The van der Waals surface area contributed by atoms with Crippen molar-refractivity contribution in [2.45, 2.75) is 391 Å². The van der Waals surface area contributed by atoms with Crippen LogP contribution in [0.25, 0.3) is 0 Å². The molecule has 83 heavy (non-hydrogen) atoms. The summed E-state index contributed by atoms with van der Waals surface area (Å²) < 4.78 is 16.7. The van der Waals surface area contributed by atoms with Crippen LogP contribution in [0.4, 0.5) is 0 Å². The van der Waals surface area contributed by atoms with Crippen molar-refractivity contribution >= 4 is 11.9 Å². The second-order valence-corrected chi connectivity index (χ2v) is 24.9. The average molecular weight is 1170 g/mol. The lowest BCUT2D eigenvalue weighted by atomic mass is 9.99. The third-order valence-electron chi connectivity index (χ3n) is 17.0. The molecule has 0 saturated carbocycles. The third-order valence-corrected chi connectivity index (χ3v) is 17.0. The molecule has 0 bridgehead atoms. The molecule has 0 radical (unpaired) electrons. The zero-order valence-electron chi connectivity index (χ0n) is 54.2. The van der Waals surface area contributed by atoms with Crippen molar-refractivity contribution < 1.29 is 49.3 Å². The van der Waals surface area contributed by atoms with Gasteiger partial charge >= 0.3 is 5.97 Å². The molecule has 7 atom stereocenters. The standard InChI is InChI=1S/C72H135NO10/c1-3-5-7-9-11-13-38-42-46-50-54-58-65(75)64(63-82-72-71(80)70(79)69(78)66(62-74)83-72)73-67(76)59-55-51-47-43-40-36-34-32-30-28-26-24-22-20-18-16-15-17-19-21-23-25-27-29-31-33-35-37-41-45-49-53-57-61-81-68(77)60-56-52-48-44-39-14-12-10-8-6-4-2/h19,21,25,27,54,58,64-66,69-72,74-75,78-80H,3-18,20,22-24,26,28-53,55-57,59-63H2,1-2H3,(H,73,76)/b21-19-,27-25-,58-54+. The highest BCUT2D eigenvalue weighted by molar-refractivity contribution is 5.76. The number of aliphatic hydroxyl groups is 5. The molecular weight excluding hydrogens is 1040 g/mol. The normalized spacial score (nSPS) is 18.3. The molecule has 1 fully saturated rings. The Morgan fingerprint density at radius 2 is 0.807 bits per heavy atom. The van der Waals surface area contributed by atoms with Gasteiger partial charge in [0, 0.05) is 12.8 Å². The summed E-state index contributed by atoms with van der Waals surface area (Å²) in [7, 11) is 0. The molecule has 1 heterocycles. The highest BCUT2D eigenvalue weighted by Crippen LogP contribution is 2.23. The average Bonchev–Trinajstić information content (AvgIpc) is 3.68. The Balaban J connectivity index is 1.95. The molecule has 1 aliphatic rings. The van der Waals surface area contributed by atoms with E-state index in [1.54, 1.807) is 6.08 Å². The molecule has 0 aromatic carbocycles. The molecule has 0 aromatic heterocycles. The van der Waals surface area contributed by atoms with Crippen molar-refractivity contribution in [2.24, 2.45) is 0 Å². The van der Waals surface area contributed by atoms with Crippen LogP contribution >= 0.6 is 0 Å². The first kappa shape index (κ1) is 78.9. The molecular formula is C72H135NO10. The largest absolute Gasteiger partial charge is 0.466 e. The fraction of sp³-hybridized carbons (Fsp3) is 0.889. The quantitative estimate of drug-likeness (QED) is 0.0195. The molecule has 11 nitrogen and oxygen atoms in total. The summed E-state index contributed by atoms with van der Waals surface area (Å²) >= 11 is 0. The van der Waals surface area contributed by atoms with Crippen LogP contribution in [0.15, 0.2) is 36.5 Å². The van der Waals surface area contributed by atoms with Crippen LogP contribution in [-0.4, -0.2) is 100 Å². The number of unbranched alkanes of at least 4 members (excludes halogenated alkanes) is 45. The topological polar surface area (TPSA) is 175 Å². The van der Waals surface area contributed by atoms with Gasteiger partial charge in [-0.25, -0.2) is 0 Å². The fourth-order valence-corrected chi connectivity index (χ4v) is 11.4. The molecule has 488 valence electrons. The number of aliphatic hydroxyl groups excluding tert-OH is 5. The van der Waals surface area contributed by atoms with Gasteiger partial charge in [-0.1, -0.05) is 307 Å². The van der Waals surface area contributed by atoms with E-state index < -0.39 is 49.5 Å². The molecule has 0 aromatic rings. The predicted molar refractivity (Wildman–Crippen MR) is 347 cm³/mol. The second-order valence-electron chi connectivity index (χ2n) is 24.9. The van der Waals surface area contributed by atoms with E-state index >= 15 is 0 Å². The summed E-state index contributed by atoms with van der Waals surface area (Å²) in [5, 5.41) is 54.4. The molecule has 1 rings (SSSR count). The number of allylic oxidation sites excluding steroid dienone is 5. The summed E-state index contributed by atoms with van der Waals surface area (Å²) in [4.78, 5) is 25.1. The molecule has 1 aliphatic heterocycles. The Bertz CT molecular complexity index is 1470. The smallest absolute Gasteiger partial charge is 0.305 e. The van der Waals surface area contributed by atoms with Gasteiger partial charge in [-0.05, 0) is 64.2 Å². The van der Waals surface area contributed by atoms with Gasteiger partial charge in [0.2, 0.25) is 5.91 Å². The predicted octanol–water partition coefficient (Wildman–Crippen LogP) is 18.2. The number of carbonyl (C=O) groups excluding carboxylic acids is 2. The Kier molecular flexibility index (Phi) is 58.5. The lowest BCUT2D eigenvalue weighted by Gasteiger charge is -2.40. The monoisotopic (exact) mass is 1170 g/mol. The minimum absolute atomic E-state index is 0.00683. The van der Waals surface area contributed by atoms with Crippen molar-refractivity contribution in [3.8, 4) is 0 Å². The SMILES string of the molecule is CCCCCCCCCCC/C=C/C(O)C(COC1OC(CO)C(O)C(O)C1O)NC(=O)CCCCCCCCCCCCCCCCCCC/C=C\C/C=C\CCCCCCCCCCCOC(=O)CCCCCCCCCCCCC. The molecule has 1 saturated heterocycles. The van der Waals surface area contributed by atoms with E-state index in [1.165, 1.54) is 257 Å². The lowest BCUT2D eigenvalue weighted by molar-refractivity contribution is -0.302. The first-order valence-corrected chi connectivity index (χ1v) is 35.8. The highest BCUT2D eigenvalue weighted by atomic mass is 16.7. The van der Waals surface area contributed by atoms with Crippen molar-refractivity contribution in [2.75, 3.05) is 19.8 Å². The zero-order valence-corrected chi connectivity index (χ0v) is 54.2. The van der Waals surface area contributed by atoms with Crippen LogP contribution in [0.2, 0.25) is 0 Å². The van der Waals surface area contributed by atoms with E-state index in [2.05, 4.69) is 43.5 Å². The van der Waals surface area contributed by atoms with Crippen LogP contribution in [0.1, 0.15) is 348 Å². The van der Waals surface area contributed by atoms with Gasteiger partial charge in [-0.2, -0.15) is 0 Å². The van der Waals surface area contributed by atoms with Gasteiger partial charge in [-0.15, -0.1) is 0 Å². The van der Waals surface area contributed by atoms with Crippen LogP contribution in [0.3, 0.4) is 0 Å². The number of amides is 1. The molecule has 0 spiro atoms. The minimum Gasteiger partial charge on any atom is -0.466 e. The van der Waals surface area contributed by atoms with Gasteiger partial charge in [0.25, 0.3) is 0 Å². The van der Waals surface area contributed by atoms with Gasteiger partial charge in [0.05, 0.1) is 32.0 Å². The van der Waals surface area contributed by atoms with Gasteiger partial charge in [0.1, 0.15) is 24.4 Å². The lowest BCUT2D eigenvalue weighted by Crippen LogP contribution is -2.60. The zero-order chi connectivity index (χ0) is 60.2. The first-order chi connectivity index (χ1) is 40.7. The maximum atomic E-state index is 13.0. The van der Waals surface area contributed by atoms with E-state index in [9.17, 15) is 35.1 Å². The fourth-order valence-electron chi connectivity index (χ4n) is 11.4. The van der Waals surface area contributed by atoms with E-state index in [4.69, 9.17) is 14.2 Å². The van der Waals surface area contributed by atoms with Gasteiger partial charge in [0.15, 0.2) is 6.29 Å². The van der Waals surface area contributed by atoms with Crippen molar-refractivity contribution in [3.05, 3.63) is 36.5 Å². The molecule has 6 N–H and O–H groups in total. The Morgan fingerprint density at radius 1 is 0.446 bits per heavy atom. The van der Waals surface area contributed by atoms with E-state index in [0.717, 1.165) is 64.2 Å². The summed E-state index contributed by atoms with van der Waals surface area (Å²) in [6.07, 6.45) is 68.6. The van der Waals surface area contributed by atoms with Crippen LogP contribution in [0, 0.1) is 0 Å². The summed E-state index contributed by atoms with van der Waals surface area (Å²) in [5.74, 6) is -0.172. The van der Waals surface area contributed by atoms with Crippen LogP contribution < -0.4 is 5.32 Å². The number of ether oxygens (including phenoxy) is 3. The summed E-state index contributed by atoms with van der Waals surface area (Å²) in [6, 6.07) is -0.808. The summed E-state index contributed by atoms with van der Waals surface area (Å²) in [5.41, 5.74) is 0. The third kappa shape index (κ3) is 50.6. The van der Waals surface area contributed by atoms with Crippen molar-refractivity contribution in [1.29, 1.82) is 0 Å². The number of hydrogen-bond acceptors (Lipinski definition) is 10. The van der Waals surface area contributed by atoms with Gasteiger partial charge < -0.3 is 45.1 Å². The highest BCUT2D eigenvalue weighted by Gasteiger charge is 2.44. The number of nitrogens with one attached hydrogen (secondary N) is 1. The molecule has 0 aliphatic carbocycles. The maximum absolute atomic E-state index is 13.0. The van der Waals surface area contributed by atoms with E-state index in [0.29, 0.717) is 19.4 Å². The van der Waals surface area contributed by atoms with Gasteiger partial charge in [-0.3, -0.25) is 9.59 Å². The Hall–Kier alpha value is -2.12. The molecule has 11 heteroatoms. The molecule has 7 unspecified atom stereocenters. The minimum atomic E-state index is -1.57. The maximum Gasteiger partial charge on any atom is 0.305 e. The molecule has 1 amide bonds. The second kappa shape index (κ2) is 61.5. The number of carbonyl (C=O) groups is 2. The first-order valence-electron chi connectivity index (χ1n) is 35.8. The van der Waals surface area contributed by atoms with Crippen molar-refractivity contribution in [1.82, 2.24) is 5.32 Å². The Labute approximate surface area is 511 Å². The number of rotatable bonds is 63. The van der Waals surface area contributed by atoms with Crippen LogP contribution in [-0.2, 0) is 23.8 Å². The van der Waals surface area contributed by atoms with E-state index in [1.807, 2.05) is 6.08 Å². The number of esters is 1. The Morgan fingerprint density at radius 3 is 1.22 bits per heavy atom. The van der Waals surface area contributed by atoms with Crippen molar-refractivity contribution in [3.63, 3.8) is 0 Å². The number of hydrogen-bond donors (Lipinski definition) is 6.